The van der Waals surface area contributed by atoms with Crippen molar-refractivity contribution in [1.29, 1.82) is 0 Å². The van der Waals surface area contributed by atoms with Crippen LogP contribution in [0.1, 0.15) is 22.7 Å². The molecule has 0 saturated heterocycles. The van der Waals surface area contributed by atoms with Gasteiger partial charge in [0.15, 0.2) is 0 Å². The SMILES string of the molecule is Cc1cc(F)c2c(c1F)C(N)COCC2. The Bertz CT molecular complexity index is 393. The zero-order chi connectivity index (χ0) is 11.0. The van der Waals surface area contributed by atoms with Crippen LogP contribution >= 0.6 is 0 Å². The van der Waals surface area contributed by atoms with Gasteiger partial charge >= 0.3 is 0 Å². The van der Waals surface area contributed by atoms with E-state index in [-0.39, 0.29) is 18.0 Å². The Kier molecular flexibility index (Phi) is 2.71. The third kappa shape index (κ3) is 1.75. The molecule has 0 spiro atoms. The van der Waals surface area contributed by atoms with E-state index in [2.05, 4.69) is 0 Å². The van der Waals surface area contributed by atoms with E-state index in [9.17, 15) is 8.78 Å². The summed E-state index contributed by atoms with van der Waals surface area (Å²) >= 11 is 0. The van der Waals surface area contributed by atoms with Crippen LogP contribution in [0.2, 0.25) is 0 Å². The van der Waals surface area contributed by atoms with Crippen molar-refractivity contribution in [2.24, 2.45) is 5.73 Å². The normalized spacial score (nSPS) is 20.9. The molecule has 2 rings (SSSR count). The topological polar surface area (TPSA) is 35.2 Å². The number of ether oxygens (including phenoxy) is 1. The van der Waals surface area contributed by atoms with Crippen LogP contribution in [-0.2, 0) is 11.2 Å². The van der Waals surface area contributed by atoms with E-state index < -0.39 is 11.9 Å². The summed E-state index contributed by atoms with van der Waals surface area (Å²) in [4.78, 5) is 0. The quantitative estimate of drug-likeness (QED) is 0.713. The maximum atomic E-state index is 13.8. The number of rotatable bonds is 0. The van der Waals surface area contributed by atoms with Crippen LogP contribution in [0, 0.1) is 18.6 Å². The monoisotopic (exact) mass is 213 g/mol. The van der Waals surface area contributed by atoms with Gasteiger partial charge < -0.3 is 10.5 Å². The van der Waals surface area contributed by atoms with Crippen molar-refractivity contribution in [1.82, 2.24) is 0 Å². The first-order valence-electron chi connectivity index (χ1n) is 4.92. The number of nitrogens with two attached hydrogens (primary N) is 1. The Labute approximate surface area is 87.0 Å². The predicted molar refractivity (Wildman–Crippen MR) is 52.5 cm³/mol. The predicted octanol–water partition coefficient (Wildman–Crippen LogP) is 1.85. The summed E-state index contributed by atoms with van der Waals surface area (Å²) in [5.41, 5.74) is 6.69. The first-order valence-corrected chi connectivity index (χ1v) is 4.92. The third-order valence-corrected chi connectivity index (χ3v) is 2.70. The Morgan fingerprint density at radius 3 is 2.93 bits per heavy atom. The van der Waals surface area contributed by atoms with Crippen molar-refractivity contribution in [2.45, 2.75) is 19.4 Å². The van der Waals surface area contributed by atoms with Gasteiger partial charge in [-0.25, -0.2) is 8.78 Å². The highest BCUT2D eigenvalue weighted by Gasteiger charge is 2.23. The average molecular weight is 213 g/mol. The van der Waals surface area contributed by atoms with E-state index in [0.29, 0.717) is 24.2 Å². The summed E-state index contributed by atoms with van der Waals surface area (Å²) in [6, 6.07) is 0.642. The highest BCUT2D eigenvalue weighted by Crippen LogP contribution is 2.28. The molecule has 4 heteroatoms. The van der Waals surface area contributed by atoms with E-state index in [1.54, 1.807) is 0 Å². The van der Waals surface area contributed by atoms with E-state index in [1.807, 2.05) is 0 Å². The number of benzene rings is 1. The summed E-state index contributed by atoms with van der Waals surface area (Å²) in [5.74, 6) is -0.783. The second kappa shape index (κ2) is 3.87. The Morgan fingerprint density at radius 2 is 2.20 bits per heavy atom. The number of halogens is 2. The molecule has 0 saturated carbocycles. The van der Waals surface area contributed by atoms with Crippen LogP contribution < -0.4 is 5.73 Å². The lowest BCUT2D eigenvalue weighted by molar-refractivity contribution is 0.130. The zero-order valence-electron chi connectivity index (χ0n) is 8.52. The highest BCUT2D eigenvalue weighted by atomic mass is 19.1. The van der Waals surface area contributed by atoms with Crippen molar-refractivity contribution >= 4 is 0 Å². The lowest BCUT2D eigenvalue weighted by atomic mass is 9.96. The summed E-state index contributed by atoms with van der Waals surface area (Å²) in [5, 5.41) is 0. The second-order valence-corrected chi connectivity index (χ2v) is 3.81. The standard InChI is InChI=1S/C11H13F2NO/c1-6-4-8(12)7-2-3-15-5-9(14)10(7)11(6)13/h4,9H,2-3,5,14H2,1H3. The minimum atomic E-state index is -0.572. The molecule has 15 heavy (non-hydrogen) atoms. The van der Waals surface area contributed by atoms with Gasteiger partial charge in [0.1, 0.15) is 11.6 Å². The van der Waals surface area contributed by atoms with Gasteiger partial charge in [-0.15, -0.1) is 0 Å². The molecule has 82 valence electrons. The number of hydrogen-bond donors (Lipinski definition) is 1. The second-order valence-electron chi connectivity index (χ2n) is 3.81. The molecule has 0 fully saturated rings. The number of fused-ring (bicyclic) bond motifs is 1. The van der Waals surface area contributed by atoms with Crippen LogP contribution in [-0.4, -0.2) is 13.2 Å². The van der Waals surface area contributed by atoms with Gasteiger partial charge in [-0.3, -0.25) is 0 Å². The molecule has 2 N–H and O–H groups in total. The molecule has 0 aliphatic carbocycles. The summed E-state index contributed by atoms with van der Waals surface area (Å²) in [6.07, 6.45) is 0.381. The largest absolute Gasteiger partial charge is 0.379 e. The van der Waals surface area contributed by atoms with Crippen molar-refractivity contribution in [3.8, 4) is 0 Å². The smallest absolute Gasteiger partial charge is 0.131 e. The van der Waals surface area contributed by atoms with Crippen molar-refractivity contribution in [3.63, 3.8) is 0 Å². The van der Waals surface area contributed by atoms with Crippen LogP contribution in [0.5, 0.6) is 0 Å². The molecule has 1 unspecified atom stereocenters. The fraction of sp³-hybridized carbons (Fsp3) is 0.455. The Balaban J connectivity index is 2.63. The van der Waals surface area contributed by atoms with Crippen molar-refractivity contribution in [3.05, 3.63) is 34.4 Å². The summed E-state index contributed by atoms with van der Waals surface area (Å²) < 4.78 is 32.6. The van der Waals surface area contributed by atoms with E-state index >= 15 is 0 Å². The maximum Gasteiger partial charge on any atom is 0.131 e. The van der Waals surface area contributed by atoms with E-state index in [0.717, 1.165) is 0 Å². The number of aryl methyl sites for hydroxylation is 1. The lowest BCUT2D eigenvalue weighted by Crippen LogP contribution is -2.18. The molecule has 0 radical (unpaired) electrons. The minimum Gasteiger partial charge on any atom is -0.379 e. The van der Waals surface area contributed by atoms with Gasteiger partial charge in [0.05, 0.1) is 19.3 Å². The van der Waals surface area contributed by atoms with E-state index in [1.165, 1.54) is 13.0 Å². The highest BCUT2D eigenvalue weighted by molar-refractivity contribution is 5.37. The lowest BCUT2D eigenvalue weighted by Gasteiger charge is -2.15. The average Bonchev–Trinajstić information content (AvgIpc) is 2.37. The summed E-state index contributed by atoms with van der Waals surface area (Å²) in [7, 11) is 0. The van der Waals surface area contributed by atoms with Gasteiger partial charge in [-0.1, -0.05) is 0 Å². The molecule has 2 nitrogen and oxygen atoms in total. The summed E-state index contributed by atoms with van der Waals surface area (Å²) in [6.45, 7) is 2.17. The first-order chi connectivity index (χ1) is 7.11. The molecule has 1 heterocycles. The Morgan fingerprint density at radius 1 is 1.47 bits per heavy atom. The minimum absolute atomic E-state index is 0.243. The molecule has 1 aromatic rings. The third-order valence-electron chi connectivity index (χ3n) is 2.70. The molecular formula is C11H13F2NO. The molecule has 0 amide bonds. The van der Waals surface area contributed by atoms with Crippen LogP contribution in [0.25, 0.3) is 0 Å². The molecule has 1 aliphatic rings. The molecule has 1 atom stereocenters. The van der Waals surface area contributed by atoms with Gasteiger partial charge in [0, 0.05) is 5.56 Å². The first kappa shape index (κ1) is 10.5. The van der Waals surface area contributed by atoms with Gasteiger partial charge in [0.2, 0.25) is 0 Å². The van der Waals surface area contributed by atoms with Crippen molar-refractivity contribution in [2.75, 3.05) is 13.2 Å². The van der Waals surface area contributed by atoms with Gasteiger partial charge in [-0.05, 0) is 30.5 Å². The van der Waals surface area contributed by atoms with E-state index in [4.69, 9.17) is 10.5 Å². The fourth-order valence-electron chi connectivity index (χ4n) is 1.92. The maximum absolute atomic E-state index is 13.8. The zero-order valence-corrected chi connectivity index (χ0v) is 8.52. The van der Waals surface area contributed by atoms with Crippen LogP contribution in [0.15, 0.2) is 6.07 Å². The molecule has 1 aliphatic heterocycles. The molecule has 1 aromatic carbocycles. The molecular weight excluding hydrogens is 200 g/mol. The fourth-order valence-corrected chi connectivity index (χ4v) is 1.92. The number of hydrogen-bond acceptors (Lipinski definition) is 2. The van der Waals surface area contributed by atoms with Gasteiger partial charge in [0.25, 0.3) is 0 Å². The van der Waals surface area contributed by atoms with Crippen molar-refractivity contribution < 1.29 is 13.5 Å². The van der Waals surface area contributed by atoms with Crippen LogP contribution in [0.4, 0.5) is 8.78 Å². The van der Waals surface area contributed by atoms with Crippen LogP contribution in [0.3, 0.4) is 0 Å². The Hall–Kier alpha value is -1.00. The van der Waals surface area contributed by atoms with Gasteiger partial charge in [-0.2, -0.15) is 0 Å². The molecule has 0 bridgehead atoms. The molecule has 0 aromatic heterocycles.